The molecule has 0 bridgehead atoms. The minimum atomic E-state index is -0.163. The number of aryl methyl sites for hydroxylation is 1. The summed E-state index contributed by atoms with van der Waals surface area (Å²) in [6, 6.07) is 6.97. The lowest BCUT2D eigenvalue weighted by Gasteiger charge is -2.09. The van der Waals surface area contributed by atoms with Crippen LogP contribution in [0, 0.1) is 19.8 Å². The van der Waals surface area contributed by atoms with Crippen LogP contribution in [0.5, 0.6) is 5.75 Å². The second-order valence-electron chi connectivity index (χ2n) is 7.22. The fraction of sp³-hybridized carbons (Fsp3) is 0.476. The summed E-state index contributed by atoms with van der Waals surface area (Å²) in [5.41, 5.74) is 3.58. The molecule has 152 valence electrons. The lowest BCUT2D eigenvalue weighted by molar-refractivity contribution is -0.123. The molecule has 0 aliphatic heterocycles. The largest absolute Gasteiger partial charge is 0.484 e. The van der Waals surface area contributed by atoms with E-state index in [0.29, 0.717) is 23.9 Å². The number of anilines is 1. The van der Waals surface area contributed by atoms with Gasteiger partial charge in [-0.2, -0.15) is 5.10 Å². The predicted molar refractivity (Wildman–Crippen MR) is 109 cm³/mol. The minimum Gasteiger partial charge on any atom is -0.484 e. The molecule has 0 fully saturated rings. The Morgan fingerprint density at radius 3 is 2.43 bits per heavy atom. The van der Waals surface area contributed by atoms with E-state index in [1.54, 1.807) is 24.3 Å². The summed E-state index contributed by atoms with van der Waals surface area (Å²) < 4.78 is 7.38. The van der Waals surface area contributed by atoms with Crippen molar-refractivity contribution in [1.82, 2.24) is 15.1 Å². The van der Waals surface area contributed by atoms with E-state index < -0.39 is 0 Å². The Balaban J connectivity index is 1.93. The molecule has 2 amide bonds. The van der Waals surface area contributed by atoms with Gasteiger partial charge < -0.3 is 15.4 Å². The number of aromatic nitrogens is 2. The highest BCUT2D eigenvalue weighted by molar-refractivity contribution is 5.92. The maximum Gasteiger partial charge on any atom is 0.257 e. The van der Waals surface area contributed by atoms with Crippen LogP contribution in [-0.2, 0) is 22.6 Å². The van der Waals surface area contributed by atoms with Crippen molar-refractivity contribution in [3.05, 3.63) is 41.2 Å². The van der Waals surface area contributed by atoms with Gasteiger partial charge in [0.1, 0.15) is 5.75 Å². The standard InChI is InChI=1S/C21H30N4O3/c1-6-22-21(27)13-28-18-9-7-17(8-10-18)23-20(26)11-19-15(4)24-25(16(19)5)12-14(2)3/h7-10,14H,6,11-13H2,1-5H3,(H,22,27)(H,23,26). The zero-order valence-corrected chi connectivity index (χ0v) is 17.3. The molecule has 7 nitrogen and oxygen atoms in total. The Bertz CT molecular complexity index is 810. The summed E-state index contributed by atoms with van der Waals surface area (Å²) >= 11 is 0. The van der Waals surface area contributed by atoms with Crippen molar-refractivity contribution in [2.45, 2.75) is 47.6 Å². The second kappa shape index (κ2) is 9.92. The van der Waals surface area contributed by atoms with Crippen LogP contribution in [0.4, 0.5) is 5.69 Å². The number of hydrogen-bond donors (Lipinski definition) is 2. The lowest BCUT2D eigenvalue weighted by atomic mass is 10.1. The first-order valence-electron chi connectivity index (χ1n) is 9.62. The molecule has 1 aromatic heterocycles. The third kappa shape index (κ3) is 6.11. The van der Waals surface area contributed by atoms with E-state index in [2.05, 4.69) is 29.6 Å². The number of benzene rings is 1. The Morgan fingerprint density at radius 1 is 1.14 bits per heavy atom. The number of ether oxygens (including phenoxy) is 1. The molecule has 1 heterocycles. The Morgan fingerprint density at radius 2 is 1.82 bits per heavy atom. The van der Waals surface area contributed by atoms with Gasteiger partial charge in [-0.15, -0.1) is 0 Å². The van der Waals surface area contributed by atoms with Gasteiger partial charge in [-0.1, -0.05) is 13.8 Å². The van der Waals surface area contributed by atoms with Gasteiger partial charge in [0.25, 0.3) is 5.91 Å². The molecule has 0 atom stereocenters. The molecule has 0 aliphatic carbocycles. The first-order chi connectivity index (χ1) is 13.3. The molecular weight excluding hydrogens is 356 g/mol. The van der Waals surface area contributed by atoms with E-state index in [0.717, 1.165) is 23.5 Å². The summed E-state index contributed by atoms with van der Waals surface area (Å²) in [6.07, 6.45) is 0.283. The van der Waals surface area contributed by atoms with Gasteiger partial charge in [0.15, 0.2) is 6.61 Å². The summed E-state index contributed by atoms with van der Waals surface area (Å²) in [6.45, 7) is 11.5. The van der Waals surface area contributed by atoms with Gasteiger partial charge in [-0.05, 0) is 51.0 Å². The number of hydrogen-bond acceptors (Lipinski definition) is 4. The van der Waals surface area contributed by atoms with E-state index in [1.165, 1.54) is 0 Å². The molecule has 0 aliphatic rings. The molecule has 2 N–H and O–H groups in total. The monoisotopic (exact) mass is 386 g/mol. The molecule has 2 rings (SSSR count). The fourth-order valence-corrected chi connectivity index (χ4v) is 2.91. The first-order valence-corrected chi connectivity index (χ1v) is 9.62. The van der Waals surface area contributed by atoms with Crippen LogP contribution in [0.15, 0.2) is 24.3 Å². The normalized spacial score (nSPS) is 10.8. The van der Waals surface area contributed by atoms with Crippen molar-refractivity contribution in [2.75, 3.05) is 18.5 Å². The Labute approximate surface area is 166 Å². The lowest BCUT2D eigenvalue weighted by Crippen LogP contribution is -2.28. The maximum atomic E-state index is 12.5. The van der Waals surface area contributed by atoms with Gasteiger partial charge in [-0.25, -0.2) is 0 Å². The number of carbonyl (C=O) groups is 2. The Kier molecular flexibility index (Phi) is 7.61. The number of rotatable bonds is 9. The van der Waals surface area contributed by atoms with E-state index >= 15 is 0 Å². The van der Waals surface area contributed by atoms with Crippen molar-refractivity contribution in [2.24, 2.45) is 5.92 Å². The van der Waals surface area contributed by atoms with E-state index in [9.17, 15) is 9.59 Å². The number of nitrogens with zero attached hydrogens (tertiary/aromatic N) is 2. The van der Waals surface area contributed by atoms with Gasteiger partial charge in [-0.3, -0.25) is 14.3 Å². The average molecular weight is 386 g/mol. The molecule has 0 unspecified atom stereocenters. The molecule has 0 saturated carbocycles. The van der Waals surface area contributed by atoms with E-state index in [4.69, 9.17) is 4.74 Å². The summed E-state index contributed by atoms with van der Waals surface area (Å²) in [7, 11) is 0. The molecule has 0 saturated heterocycles. The molecule has 1 aromatic carbocycles. The molecule has 0 radical (unpaired) electrons. The highest BCUT2D eigenvalue weighted by Crippen LogP contribution is 2.18. The van der Waals surface area contributed by atoms with E-state index in [-0.39, 0.29) is 24.8 Å². The molecule has 0 spiro atoms. The summed E-state index contributed by atoms with van der Waals surface area (Å²) in [4.78, 5) is 23.9. The van der Waals surface area contributed by atoms with Gasteiger partial charge in [0.2, 0.25) is 5.91 Å². The van der Waals surface area contributed by atoms with Crippen molar-refractivity contribution < 1.29 is 14.3 Å². The second-order valence-corrected chi connectivity index (χ2v) is 7.22. The highest BCUT2D eigenvalue weighted by atomic mass is 16.5. The topological polar surface area (TPSA) is 85.2 Å². The van der Waals surface area contributed by atoms with Crippen LogP contribution in [0.2, 0.25) is 0 Å². The van der Waals surface area contributed by atoms with Crippen LogP contribution in [0.3, 0.4) is 0 Å². The SMILES string of the molecule is CCNC(=O)COc1ccc(NC(=O)Cc2c(C)nn(CC(C)C)c2C)cc1. The number of amides is 2. The first kappa shape index (κ1) is 21.5. The zero-order valence-electron chi connectivity index (χ0n) is 17.3. The van der Waals surface area contributed by atoms with Crippen LogP contribution in [0.25, 0.3) is 0 Å². The van der Waals surface area contributed by atoms with Crippen LogP contribution >= 0.6 is 0 Å². The predicted octanol–water partition coefficient (Wildman–Crippen LogP) is 2.85. The van der Waals surface area contributed by atoms with Crippen molar-refractivity contribution in [3.8, 4) is 5.75 Å². The molecular formula is C21H30N4O3. The van der Waals surface area contributed by atoms with E-state index in [1.807, 2.05) is 25.5 Å². The summed E-state index contributed by atoms with van der Waals surface area (Å²) in [5, 5.41) is 10.1. The van der Waals surface area contributed by atoms with Crippen LogP contribution in [-0.4, -0.2) is 34.7 Å². The third-order valence-corrected chi connectivity index (χ3v) is 4.29. The van der Waals surface area contributed by atoms with Crippen molar-refractivity contribution in [3.63, 3.8) is 0 Å². The third-order valence-electron chi connectivity index (χ3n) is 4.29. The smallest absolute Gasteiger partial charge is 0.257 e. The van der Waals surface area contributed by atoms with Gasteiger partial charge in [0, 0.05) is 30.0 Å². The Hall–Kier alpha value is -2.83. The fourth-order valence-electron chi connectivity index (χ4n) is 2.91. The van der Waals surface area contributed by atoms with Crippen LogP contribution < -0.4 is 15.4 Å². The minimum absolute atomic E-state index is 0.0293. The van der Waals surface area contributed by atoms with Gasteiger partial charge >= 0.3 is 0 Å². The number of likely N-dealkylation sites (N-methyl/N-ethyl adjacent to an activating group) is 1. The van der Waals surface area contributed by atoms with Gasteiger partial charge in [0.05, 0.1) is 12.1 Å². The van der Waals surface area contributed by atoms with Crippen LogP contribution in [0.1, 0.15) is 37.7 Å². The summed E-state index contributed by atoms with van der Waals surface area (Å²) in [5.74, 6) is 0.814. The zero-order chi connectivity index (χ0) is 20.7. The van der Waals surface area contributed by atoms with Crippen molar-refractivity contribution in [1.29, 1.82) is 0 Å². The van der Waals surface area contributed by atoms with Crippen molar-refractivity contribution >= 4 is 17.5 Å². The number of carbonyl (C=O) groups excluding carboxylic acids is 2. The molecule has 2 aromatic rings. The quantitative estimate of drug-likeness (QED) is 0.694. The average Bonchev–Trinajstić information content (AvgIpc) is 2.88. The highest BCUT2D eigenvalue weighted by Gasteiger charge is 2.15. The molecule has 28 heavy (non-hydrogen) atoms. The maximum absolute atomic E-state index is 12.5. The number of nitrogens with one attached hydrogen (secondary N) is 2. The molecule has 7 heteroatoms.